The fraction of sp³-hybridized carbons (Fsp3) is 0.538. The lowest BCUT2D eigenvalue weighted by atomic mass is 10.1. The Kier molecular flexibility index (Phi) is 3.55. The standard InChI is InChI=1S/C13H18FNS/c1-3-12-9-16-13(2,15-12)8-10-5-4-6-11(14)7-10/h4-7,12,15H,3,8-9H2,1-2H3. The molecule has 0 aliphatic carbocycles. The highest BCUT2D eigenvalue weighted by atomic mass is 32.2. The van der Waals surface area contributed by atoms with Crippen molar-refractivity contribution in [2.75, 3.05) is 5.75 Å². The van der Waals surface area contributed by atoms with Crippen LogP contribution in [-0.4, -0.2) is 16.7 Å². The van der Waals surface area contributed by atoms with Gasteiger partial charge < -0.3 is 0 Å². The normalized spacial score (nSPS) is 29.6. The summed E-state index contributed by atoms with van der Waals surface area (Å²) in [6.07, 6.45) is 2.04. The number of nitrogens with one attached hydrogen (secondary N) is 1. The average Bonchev–Trinajstić information content (AvgIpc) is 2.60. The van der Waals surface area contributed by atoms with Gasteiger partial charge in [-0.25, -0.2) is 4.39 Å². The van der Waals surface area contributed by atoms with E-state index in [2.05, 4.69) is 19.2 Å². The van der Waals surface area contributed by atoms with Crippen LogP contribution >= 0.6 is 11.8 Å². The zero-order chi connectivity index (χ0) is 11.6. The van der Waals surface area contributed by atoms with Crippen molar-refractivity contribution in [2.45, 2.75) is 37.6 Å². The van der Waals surface area contributed by atoms with Crippen molar-refractivity contribution < 1.29 is 4.39 Å². The first kappa shape index (κ1) is 11.9. The summed E-state index contributed by atoms with van der Waals surface area (Å²) in [6, 6.07) is 7.51. The van der Waals surface area contributed by atoms with Gasteiger partial charge in [-0.05, 0) is 37.5 Å². The maximum atomic E-state index is 13.1. The Morgan fingerprint density at radius 2 is 2.38 bits per heavy atom. The van der Waals surface area contributed by atoms with E-state index in [1.165, 1.54) is 6.07 Å². The summed E-state index contributed by atoms with van der Waals surface area (Å²) in [5, 5.41) is 3.63. The van der Waals surface area contributed by atoms with Crippen LogP contribution in [0, 0.1) is 5.82 Å². The third-order valence-corrected chi connectivity index (χ3v) is 4.50. The molecule has 16 heavy (non-hydrogen) atoms. The van der Waals surface area contributed by atoms with E-state index in [0.29, 0.717) is 6.04 Å². The Bertz CT molecular complexity index is 369. The Hall–Kier alpha value is -0.540. The van der Waals surface area contributed by atoms with Crippen molar-refractivity contribution >= 4 is 11.8 Å². The number of hydrogen-bond acceptors (Lipinski definition) is 2. The number of rotatable bonds is 3. The summed E-state index contributed by atoms with van der Waals surface area (Å²) in [7, 11) is 0. The van der Waals surface area contributed by atoms with Crippen molar-refractivity contribution in [1.82, 2.24) is 5.32 Å². The molecule has 1 nitrogen and oxygen atoms in total. The van der Waals surface area contributed by atoms with Crippen molar-refractivity contribution in [3.63, 3.8) is 0 Å². The molecule has 1 fully saturated rings. The largest absolute Gasteiger partial charge is 0.299 e. The highest BCUT2D eigenvalue weighted by Crippen LogP contribution is 2.34. The van der Waals surface area contributed by atoms with Gasteiger partial charge in [0.15, 0.2) is 0 Å². The van der Waals surface area contributed by atoms with Gasteiger partial charge in [0.1, 0.15) is 5.82 Å². The molecular formula is C13H18FNS. The van der Waals surface area contributed by atoms with E-state index in [1.807, 2.05) is 17.8 Å². The molecule has 0 radical (unpaired) electrons. The zero-order valence-electron chi connectivity index (χ0n) is 9.79. The lowest BCUT2D eigenvalue weighted by Crippen LogP contribution is -2.40. The monoisotopic (exact) mass is 239 g/mol. The van der Waals surface area contributed by atoms with Gasteiger partial charge >= 0.3 is 0 Å². The molecule has 0 spiro atoms. The zero-order valence-corrected chi connectivity index (χ0v) is 10.6. The van der Waals surface area contributed by atoms with E-state index in [4.69, 9.17) is 0 Å². The SMILES string of the molecule is CCC1CSC(C)(Cc2cccc(F)c2)N1. The van der Waals surface area contributed by atoms with Crippen LogP contribution in [0.2, 0.25) is 0 Å². The molecule has 2 rings (SSSR count). The first-order valence-corrected chi connectivity index (χ1v) is 6.76. The molecule has 2 atom stereocenters. The fourth-order valence-corrected chi connectivity index (χ4v) is 3.56. The van der Waals surface area contributed by atoms with Gasteiger partial charge in [0.25, 0.3) is 0 Å². The Morgan fingerprint density at radius 3 is 3.00 bits per heavy atom. The first-order valence-electron chi connectivity index (χ1n) is 5.77. The van der Waals surface area contributed by atoms with E-state index < -0.39 is 0 Å². The van der Waals surface area contributed by atoms with Crippen molar-refractivity contribution in [1.29, 1.82) is 0 Å². The van der Waals surface area contributed by atoms with Gasteiger partial charge in [0, 0.05) is 11.8 Å². The van der Waals surface area contributed by atoms with Gasteiger partial charge in [-0.15, -0.1) is 11.8 Å². The topological polar surface area (TPSA) is 12.0 Å². The van der Waals surface area contributed by atoms with E-state index in [1.54, 1.807) is 12.1 Å². The van der Waals surface area contributed by atoms with Crippen molar-refractivity contribution in [2.24, 2.45) is 0 Å². The van der Waals surface area contributed by atoms with Crippen molar-refractivity contribution in [3.8, 4) is 0 Å². The van der Waals surface area contributed by atoms with Crippen LogP contribution in [0.25, 0.3) is 0 Å². The lowest BCUT2D eigenvalue weighted by molar-refractivity contribution is 0.454. The minimum absolute atomic E-state index is 0.0640. The predicted octanol–water partition coefficient (Wildman–Crippen LogP) is 3.20. The number of halogens is 1. The fourth-order valence-electron chi connectivity index (χ4n) is 2.16. The third-order valence-electron chi connectivity index (χ3n) is 3.04. The lowest BCUT2D eigenvalue weighted by Gasteiger charge is -2.24. The summed E-state index contributed by atoms with van der Waals surface area (Å²) in [5.74, 6) is 1.01. The van der Waals surface area contributed by atoms with Gasteiger partial charge in [-0.2, -0.15) is 0 Å². The molecule has 0 amide bonds. The molecule has 3 heteroatoms. The molecule has 1 aromatic carbocycles. The van der Waals surface area contributed by atoms with Crippen LogP contribution in [0.1, 0.15) is 25.8 Å². The van der Waals surface area contributed by atoms with E-state index in [9.17, 15) is 4.39 Å². The van der Waals surface area contributed by atoms with Crippen LogP contribution < -0.4 is 5.32 Å². The molecule has 1 aliphatic rings. The van der Waals surface area contributed by atoms with Gasteiger partial charge in [-0.3, -0.25) is 5.32 Å². The number of thioether (sulfide) groups is 1. The van der Waals surface area contributed by atoms with Crippen LogP contribution in [-0.2, 0) is 6.42 Å². The quantitative estimate of drug-likeness (QED) is 0.869. The van der Waals surface area contributed by atoms with Gasteiger partial charge in [-0.1, -0.05) is 19.1 Å². The second kappa shape index (κ2) is 4.76. The van der Waals surface area contributed by atoms with Crippen LogP contribution in [0.3, 0.4) is 0 Å². The molecule has 0 aromatic heterocycles. The summed E-state index contributed by atoms with van der Waals surface area (Å²) < 4.78 is 13.1. The second-order valence-corrected chi connectivity index (χ2v) is 6.12. The van der Waals surface area contributed by atoms with E-state index >= 15 is 0 Å². The summed E-state index contributed by atoms with van der Waals surface area (Å²) in [5.41, 5.74) is 1.07. The van der Waals surface area contributed by atoms with E-state index in [-0.39, 0.29) is 10.7 Å². The molecule has 1 aliphatic heterocycles. The molecule has 2 unspecified atom stereocenters. The number of hydrogen-bond donors (Lipinski definition) is 1. The molecule has 88 valence electrons. The molecule has 1 aromatic rings. The Balaban J connectivity index is 2.04. The first-order chi connectivity index (χ1) is 7.61. The minimum Gasteiger partial charge on any atom is -0.299 e. The average molecular weight is 239 g/mol. The number of benzene rings is 1. The predicted molar refractivity (Wildman–Crippen MR) is 68.2 cm³/mol. The molecule has 0 bridgehead atoms. The maximum Gasteiger partial charge on any atom is 0.123 e. The van der Waals surface area contributed by atoms with Gasteiger partial charge in [0.05, 0.1) is 4.87 Å². The molecule has 1 heterocycles. The Labute approximate surface area is 101 Å². The molecule has 0 saturated carbocycles. The van der Waals surface area contributed by atoms with E-state index in [0.717, 1.165) is 24.2 Å². The highest BCUT2D eigenvalue weighted by molar-refractivity contribution is 8.00. The van der Waals surface area contributed by atoms with Gasteiger partial charge in [0.2, 0.25) is 0 Å². The summed E-state index contributed by atoms with van der Waals surface area (Å²) in [6.45, 7) is 4.41. The van der Waals surface area contributed by atoms with Crippen LogP contribution in [0.4, 0.5) is 4.39 Å². The third kappa shape index (κ3) is 2.77. The summed E-state index contributed by atoms with van der Waals surface area (Å²) >= 11 is 1.94. The van der Waals surface area contributed by atoms with Crippen molar-refractivity contribution in [3.05, 3.63) is 35.6 Å². The second-order valence-electron chi connectivity index (χ2n) is 4.60. The molecule has 1 N–H and O–H groups in total. The smallest absolute Gasteiger partial charge is 0.123 e. The van der Waals surface area contributed by atoms with Crippen LogP contribution in [0.15, 0.2) is 24.3 Å². The molecule has 1 saturated heterocycles. The highest BCUT2D eigenvalue weighted by Gasteiger charge is 2.34. The maximum absolute atomic E-state index is 13.1. The summed E-state index contributed by atoms with van der Waals surface area (Å²) in [4.78, 5) is 0.0640. The molecular weight excluding hydrogens is 221 g/mol. The Morgan fingerprint density at radius 1 is 1.56 bits per heavy atom. The minimum atomic E-state index is -0.142. The van der Waals surface area contributed by atoms with Crippen LogP contribution in [0.5, 0.6) is 0 Å².